The highest BCUT2D eigenvalue weighted by Gasteiger charge is 1.97. The van der Waals surface area contributed by atoms with Crippen LogP contribution in [0.2, 0.25) is 0 Å². The SMILES string of the molecule is CC=CCCC(C)CCO. The van der Waals surface area contributed by atoms with Crippen LogP contribution in [0.15, 0.2) is 12.2 Å². The molecular weight excluding hydrogens is 124 g/mol. The lowest BCUT2D eigenvalue weighted by Crippen LogP contribution is -1.96. The predicted molar refractivity (Wildman–Crippen MR) is 44.9 cm³/mol. The number of rotatable bonds is 5. The molecule has 0 aliphatic heterocycles. The summed E-state index contributed by atoms with van der Waals surface area (Å²) in [6, 6.07) is 0. The van der Waals surface area contributed by atoms with Gasteiger partial charge in [0, 0.05) is 6.61 Å². The lowest BCUT2D eigenvalue weighted by Gasteiger charge is -2.05. The molecule has 0 fully saturated rings. The molecule has 0 aromatic heterocycles. The minimum absolute atomic E-state index is 0.330. The van der Waals surface area contributed by atoms with Crippen molar-refractivity contribution in [1.82, 2.24) is 0 Å². The van der Waals surface area contributed by atoms with Crippen LogP contribution < -0.4 is 0 Å². The maximum absolute atomic E-state index is 8.58. The van der Waals surface area contributed by atoms with Crippen molar-refractivity contribution in [3.8, 4) is 0 Å². The summed E-state index contributed by atoms with van der Waals surface area (Å²) in [7, 11) is 0. The first kappa shape index (κ1) is 9.70. The lowest BCUT2D eigenvalue weighted by atomic mass is 10.0. The molecule has 0 saturated carbocycles. The van der Waals surface area contributed by atoms with Crippen molar-refractivity contribution in [2.24, 2.45) is 5.92 Å². The van der Waals surface area contributed by atoms with Crippen LogP contribution in [0, 0.1) is 5.92 Å². The molecule has 0 aliphatic carbocycles. The van der Waals surface area contributed by atoms with Crippen molar-refractivity contribution in [3.63, 3.8) is 0 Å². The average Bonchev–Trinajstić information content (AvgIpc) is 1.89. The fraction of sp³-hybridized carbons (Fsp3) is 0.778. The largest absolute Gasteiger partial charge is 0.396 e. The summed E-state index contributed by atoms with van der Waals surface area (Å²) < 4.78 is 0. The van der Waals surface area contributed by atoms with Crippen molar-refractivity contribution in [2.75, 3.05) is 6.61 Å². The summed E-state index contributed by atoms with van der Waals surface area (Å²) in [5.41, 5.74) is 0. The number of aliphatic hydroxyl groups is 1. The molecule has 0 heterocycles. The molecule has 0 aliphatic rings. The molecule has 1 N–H and O–H groups in total. The van der Waals surface area contributed by atoms with E-state index in [1.165, 1.54) is 6.42 Å². The Morgan fingerprint density at radius 1 is 1.40 bits per heavy atom. The zero-order chi connectivity index (χ0) is 7.82. The Morgan fingerprint density at radius 3 is 2.60 bits per heavy atom. The first-order valence-electron chi connectivity index (χ1n) is 4.03. The maximum atomic E-state index is 8.58. The third-order valence-corrected chi connectivity index (χ3v) is 1.68. The first-order chi connectivity index (χ1) is 4.81. The van der Waals surface area contributed by atoms with Gasteiger partial charge in [0.2, 0.25) is 0 Å². The third-order valence-electron chi connectivity index (χ3n) is 1.68. The second kappa shape index (κ2) is 6.81. The van der Waals surface area contributed by atoms with Gasteiger partial charge in [0.25, 0.3) is 0 Å². The van der Waals surface area contributed by atoms with Crippen molar-refractivity contribution in [2.45, 2.75) is 33.1 Å². The molecule has 1 heteroatoms. The highest BCUT2D eigenvalue weighted by atomic mass is 16.2. The summed E-state index contributed by atoms with van der Waals surface area (Å²) in [5.74, 6) is 0.668. The summed E-state index contributed by atoms with van der Waals surface area (Å²) in [6.07, 6.45) is 7.54. The van der Waals surface area contributed by atoms with E-state index < -0.39 is 0 Å². The number of hydrogen-bond acceptors (Lipinski definition) is 1. The number of hydrogen-bond donors (Lipinski definition) is 1. The van der Waals surface area contributed by atoms with E-state index in [4.69, 9.17) is 5.11 Å². The standard InChI is InChI=1S/C9H18O/c1-3-4-5-6-9(2)7-8-10/h3-4,9-10H,5-8H2,1-2H3. The van der Waals surface area contributed by atoms with E-state index in [1.807, 2.05) is 6.92 Å². The van der Waals surface area contributed by atoms with Gasteiger partial charge in [-0.25, -0.2) is 0 Å². The van der Waals surface area contributed by atoms with Crippen molar-refractivity contribution < 1.29 is 5.11 Å². The zero-order valence-corrected chi connectivity index (χ0v) is 7.01. The third kappa shape index (κ3) is 5.83. The van der Waals surface area contributed by atoms with Crippen LogP contribution in [-0.2, 0) is 0 Å². The molecule has 0 bridgehead atoms. The van der Waals surface area contributed by atoms with Crippen molar-refractivity contribution >= 4 is 0 Å². The average molecular weight is 142 g/mol. The molecular formula is C9H18O. The van der Waals surface area contributed by atoms with Gasteiger partial charge in [-0.2, -0.15) is 0 Å². The Labute approximate surface area is 63.8 Å². The predicted octanol–water partition coefficient (Wildman–Crippen LogP) is 2.36. The minimum atomic E-state index is 0.330. The Kier molecular flexibility index (Phi) is 6.61. The van der Waals surface area contributed by atoms with Gasteiger partial charge in [-0.05, 0) is 32.1 Å². The van der Waals surface area contributed by atoms with Crippen LogP contribution in [0.1, 0.15) is 33.1 Å². The maximum Gasteiger partial charge on any atom is 0.0433 e. The summed E-state index contributed by atoms with van der Waals surface area (Å²) in [6.45, 7) is 4.55. The van der Waals surface area contributed by atoms with Crippen molar-refractivity contribution in [3.05, 3.63) is 12.2 Å². The van der Waals surface area contributed by atoms with Crippen LogP contribution in [0.3, 0.4) is 0 Å². The highest BCUT2D eigenvalue weighted by molar-refractivity contribution is 4.77. The van der Waals surface area contributed by atoms with Crippen molar-refractivity contribution in [1.29, 1.82) is 0 Å². The summed E-state index contributed by atoms with van der Waals surface area (Å²) in [5, 5.41) is 8.58. The zero-order valence-electron chi connectivity index (χ0n) is 7.01. The van der Waals surface area contributed by atoms with Crippen LogP contribution >= 0.6 is 0 Å². The molecule has 1 nitrogen and oxygen atoms in total. The van der Waals surface area contributed by atoms with Gasteiger partial charge in [-0.15, -0.1) is 0 Å². The van der Waals surface area contributed by atoms with Gasteiger partial charge >= 0.3 is 0 Å². The smallest absolute Gasteiger partial charge is 0.0433 e. The molecule has 1 unspecified atom stereocenters. The Bertz CT molecular complexity index is 86.7. The van der Waals surface area contributed by atoms with E-state index in [-0.39, 0.29) is 0 Å². The fourth-order valence-electron chi connectivity index (χ4n) is 0.912. The molecule has 0 radical (unpaired) electrons. The summed E-state index contributed by atoms with van der Waals surface area (Å²) in [4.78, 5) is 0. The molecule has 1 atom stereocenters. The Morgan fingerprint density at radius 2 is 2.10 bits per heavy atom. The molecule has 0 rings (SSSR count). The van der Waals surface area contributed by atoms with Gasteiger partial charge in [-0.1, -0.05) is 19.1 Å². The molecule has 0 spiro atoms. The van der Waals surface area contributed by atoms with E-state index in [2.05, 4.69) is 19.1 Å². The lowest BCUT2D eigenvalue weighted by molar-refractivity contribution is 0.259. The van der Waals surface area contributed by atoms with Gasteiger partial charge in [0.05, 0.1) is 0 Å². The number of aliphatic hydroxyl groups excluding tert-OH is 1. The van der Waals surface area contributed by atoms with Crippen LogP contribution in [-0.4, -0.2) is 11.7 Å². The topological polar surface area (TPSA) is 20.2 Å². The quantitative estimate of drug-likeness (QED) is 0.584. The Balaban J connectivity index is 3.12. The number of allylic oxidation sites excluding steroid dienone is 2. The normalized spacial score (nSPS) is 14.3. The highest BCUT2D eigenvalue weighted by Crippen LogP contribution is 2.09. The fourth-order valence-corrected chi connectivity index (χ4v) is 0.912. The molecule has 0 aromatic carbocycles. The van der Waals surface area contributed by atoms with Crippen LogP contribution in [0.25, 0.3) is 0 Å². The van der Waals surface area contributed by atoms with Gasteiger partial charge in [0.1, 0.15) is 0 Å². The molecule has 0 amide bonds. The molecule has 0 aromatic rings. The Hall–Kier alpha value is -0.300. The van der Waals surface area contributed by atoms with Gasteiger partial charge in [-0.3, -0.25) is 0 Å². The van der Waals surface area contributed by atoms with Crippen LogP contribution in [0.5, 0.6) is 0 Å². The molecule has 10 heavy (non-hydrogen) atoms. The second-order valence-electron chi connectivity index (χ2n) is 2.76. The van der Waals surface area contributed by atoms with Gasteiger partial charge in [0.15, 0.2) is 0 Å². The van der Waals surface area contributed by atoms with Gasteiger partial charge < -0.3 is 5.11 Å². The van der Waals surface area contributed by atoms with E-state index in [1.54, 1.807) is 0 Å². The van der Waals surface area contributed by atoms with E-state index >= 15 is 0 Å². The molecule has 0 saturated heterocycles. The van der Waals surface area contributed by atoms with E-state index in [0.717, 1.165) is 12.8 Å². The second-order valence-corrected chi connectivity index (χ2v) is 2.76. The van der Waals surface area contributed by atoms with E-state index in [9.17, 15) is 0 Å². The molecule has 60 valence electrons. The van der Waals surface area contributed by atoms with E-state index in [0.29, 0.717) is 12.5 Å². The minimum Gasteiger partial charge on any atom is -0.396 e. The first-order valence-corrected chi connectivity index (χ1v) is 4.03. The monoisotopic (exact) mass is 142 g/mol. The summed E-state index contributed by atoms with van der Waals surface area (Å²) >= 11 is 0. The van der Waals surface area contributed by atoms with Crippen LogP contribution in [0.4, 0.5) is 0 Å².